The van der Waals surface area contributed by atoms with Crippen LogP contribution in [-0.2, 0) is 9.59 Å². The van der Waals surface area contributed by atoms with E-state index in [1.165, 1.54) is 25.7 Å². The summed E-state index contributed by atoms with van der Waals surface area (Å²) in [4.78, 5) is 22.9. The Balaban J connectivity index is 2.69. The molecule has 1 fully saturated rings. The number of amides is 2. The summed E-state index contributed by atoms with van der Waals surface area (Å²) >= 11 is 0. The van der Waals surface area contributed by atoms with Crippen molar-refractivity contribution in [3.05, 3.63) is 0 Å². The molecule has 4 N–H and O–H groups in total. The lowest BCUT2D eigenvalue weighted by atomic mass is 9.74. The molecule has 4 nitrogen and oxygen atoms in total. The van der Waals surface area contributed by atoms with Gasteiger partial charge in [-0.3, -0.25) is 9.59 Å². The van der Waals surface area contributed by atoms with Crippen LogP contribution < -0.4 is 11.5 Å². The van der Waals surface area contributed by atoms with Crippen LogP contribution in [0.15, 0.2) is 0 Å². The minimum Gasteiger partial charge on any atom is -0.370 e. The maximum absolute atomic E-state index is 11.9. The minimum absolute atomic E-state index is 0.243. The first kappa shape index (κ1) is 16.0. The summed E-state index contributed by atoms with van der Waals surface area (Å²) in [6, 6.07) is 0. The molecule has 0 aromatic heterocycles. The van der Waals surface area contributed by atoms with Crippen molar-refractivity contribution in [3.63, 3.8) is 0 Å². The van der Waals surface area contributed by atoms with Gasteiger partial charge in [-0.25, -0.2) is 0 Å². The van der Waals surface area contributed by atoms with Gasteiger partial charge < -0.3 is 11.5 Å². The maximum Gasteiger partial charge on any atom is 0.223 e. The number of nitrogens with two attached hydrogens (primary N) is 2. The van der Waals surface area contributed by atoms with Crippen LogP contribution in [0, 0.1) is 5.41 Å². The zero-order chi connectivity index (χ0) is 14.1. The number of primary amides is 2. The fourth-order valence-corrected chi connectivity index (χ4v) is 3.09. The number of hydrogen-bond acceptors (Lipinski definition) is 2. The van der Waals surface area contributed by atoms with E-state index in [-0.39, 0.29) is 18.2 Å². The summed E-state index contributed by atoms with van der Waals surface area (Å²) in [7, 11) is 0. The first-order chi connectivity index (χ1) is 9.07. The molecule has 0 saturated heterocycles. The average molecular weight is 268 g/mol. The van der Waals surface area contributed by atoms with Crippen molar-refractivity contribution in [2.75, 3.05) is 0 Å². The molecule has 0 atom stereocenters. The molecule has 0 heterocycles. The monoisotopic (exact) mass is 268 g/mol. The van der Waals surface area contributed by atoms with Gasteiger partial charge in [0.15, 0.2) is 0 Å². The van der Waals surface area contributed by atoms with Gasteiger partial charge in [-0.15, -0.1) is 0 Å². The number of carbonyl (C=O) groups excluding carboxylic acids is 2. The van der Waals surface area contributed by atoms with E-state index in [1.54, 1.807) is 0 Å². The van der Waals surface area contributed by atoms with Gasteiger partial charge in [-0.1, -0.05) is 51.4 Å². The van der Waals surface area contributed by atoms with Gasteiger partial charge in [-0.05, 0) is 19.3 Å². The quantitative estimate of drug-likeness (QED) is 0.821. The molecule has 0 aromatic rings. The highest BCUT2D eigenvalue weighted by Gasteiger charge is 2.35. The molecule has 0 spiro atoms. The SMILES string of the molecule is NC(=O)CCC1(C(N)=O)CCCCCCCCCC1. The zero-order valence-electron chi connectivity index (χ0n) is 12.0. The lowest BCUT2D eigenvalue weighted by Gasteiger charge is -2.30. The summed E-state index contributed by atoms with van der Waals surface area (Å²) in [6.07, 6.45) is 11.9. The Morgan fingerprint density at radius 1 is 0.789 bits per heavy atom. The molecule has 0 radical (unpaired) electrons. The number of rotatable bonds is 4. The van der Waals surface area contributed by atoms with E-state index in [0.29, 0.717) is 6.42 Å². The summed E-state index contributed by atoms with van der Waals surface area (Å²) < 4.78 is 0. The van der Waals surface area contributed by atoms with E-state index in [4.69, 9.17) is 11.5 Å². The fourth-order valence-electron chi connectivity index (χ4n) is 3.09. The average Bonchev–Trinajstić information content (AvgIpc) is 2.41. The van der Waals surface area contributed by atoms with E-state index >= 15 is 0 Å². The van der Waals surface area contributed by atoms with Gasteiger partial charge in [0.2, 0.25) is 11.8 Å². The Bertz CT molecular complexity index is 291. The Morgan fingerprint density at radius 3 is 1.58 bits per heavy atom. The fraction of sp³-hybridized carbons (Fsp3) is 0.867. The maximum atomic E-state index is 11.9. The van der Waals surface area contributed by atoms with Crippen molar-refractivity contribution in [2.45, 2.75) is 77.0 Å². The first-order valence-corrected chi connectivity index (χ1v) is 7.65. The van der Waals surface area contributed by atoms with Crippen molar-refractivity contribution in [3.8, 4) is 0 Å². The Labute approximate surface area is 116 Å². The molecule has 0 unspecified atom stereocenters. The number of carbonyl (C=O) groups is 2. The third-order valence-electron chi connectivity index (χ3n) is 4.43. The third kappa shape index (κ3) is 5.62. The molecule has 2 amide bonds. The lowest BCUT2D eigenvalue weighted by molar-refractivity contribution is -0.130. The van der Waals surface area contributed by atoms with Crippen molar-refractivity contribution >= 4 is 11.8 Å². The summed E-state index contributed by atoms with van der Waals surface area (Å²) in [5.74, 6) is -0.581. The molecule has 0 aromatic carbocycles. The van der Waals surface area contributed by atoms with Crippen LogP contribution in [0.2, 0.25) is 0 Å². The highest BCUT2D eigenvalue weighted by Crippen LogP contribution is 2.37. The smallest absolute Gasteiger partial charge is 0.223 e. The molecule has 1 aliphatic rings. The second-order valence-corrected chi connectivity index (χ2v) is 5.94. The van der Waals surface area contributed by atoms with Crippen LogP contribution in [0.4, 0.5) is 0 Å². The standard InChI is InChI=1S/C15H28N2O2/c16-13(18)9-12-15(14(17)19)10-7-5-3-1-2-4-6-8-11-15/h1-12H2,(H2,16,18)(H2,17,19). The summed E-state index contributed by atoms with van der Waals surface area (Å²) in [5.41, 5.74) is 10.4. The molecule has 110 valence electrons. The molecule has 4 heteroatoms. The third-order valence-corrected chi connectivity index (χ3v) is 4.43. The van der Waals surface area contributed by atoms with Crippen molar-refractivity contribution in [1.82, 2.24) is 0 Å². The van der Waals surface area contributed by atoms with Crippen molar-refractivity contribution < 1.29 is 9.59 Å². The van der Waals surface area contributed by atoms with Crippen LogP contribution in [0.25, 0.3) is 0 Å². The second-order valence-electron chi connectivity index (χ2n) is 5.94. The zero-order valence-corrected chi connectivity index (χ0v) is 12.0. The lowest BCUT2D eigenvalue weighted by Crippen LogP contribution is -2.38. The normalized spacial score (nSPS) is 21.3. The van der Waals surface area contributed by atoms with Gasteiger partial charge in [0, 0.05) is 11.8 Å². The molecular formula is C15H28N2O2. The van der Waals surface area contributed by atoms with E-state index in [1.807, 2.05) is 0 Å². The van der Waals surface area contributed by atoms with Crippen LogP contribution >= 0.6 is 0 Å². The summed E-state index contributed by atoms with van der Waals surface area (Å²) in [6.45, 7) is 0. The van der Waals surface area contributed by atoms with Gasteiger partial charge in [0.05, 0.1) is 0 Å². The number of hydrogen-bond donors (Lipinski definition) is 2. The van der Waals surface area contributed by atoms with Crippen LogP contribution in [0.1, 0.15) is 77.0 Å². The van der Waals surface area contributed by atoms with Crippen LogP contribution in [0.5, 0.6) is 0 Å². The largest absolute Gasteiger partial charge is 0.370 e. The van der Waals surface area contributed by atoms with Crippen molar-refractivity contribution in [2.24, 2.45) is 16.9 Å². The van der Waals surface area contributed by atoms with Crippen LogP contribution in [-0.4, -0.2) is 11.8 Å². The second kappa shape index (κ2) is 8.18. The van der Waals surface area contributed by atoms with E-state index in [0.717, 1.165) is 38.5 Å². The predicted octanol–water partition coefficient (Wildman–Crippen LogP) is 2.64. The van der Waals surface area contributed by atoms with Gasteiger partial charge in [0.25, 0.3) is 0 Å². The van der Waals surface area contributed by atoms with E-state index in [9.17, 15) is 9.59 Å². The summed E-state index contributed by atoms with van der Waals surface area (Å²) in [5, 5.41) is 0. The molecule has 0 bridgehead atoms. The predicted molar refractivity (Wildman–Crippen MR) is 76.2 cm³/mol. The Kier molecular flexibility index (Phi) is 6.89. The molecule has 0 aliphatic heterocycles. The topological polar surface area (TPSA) is 86.2 Å². The molecule has 19 heavy (non-hydrogen) atoms. The minimum atomic E-state index is -0.501. The highest BCUT2D eigenvalue weighted by molar-refractivity contribution is 5.82. The molecule has 1 aliphatic carbocycles. The first-order valence-electron chi connectivity index (χ1n) is 7.65. The molecule has 1 rings (SSSR count). The van der Waals surface area contributed by atoms with Gasteiger partial charge in [-0.2, -0.15) is 0 Å². The van der Waals surface area contributed by atoms with Crippen LogP contribution in [0.3, 0.4) is 0 Å². The van der Waals surface area contributed by atoms with Crippen molar-refractivity contribution in [1.29, 1.82) is 0 Å². The van der Waals surface area contributed by atoms with E-state index < -0.39 is 5.41 Å². The Hall–Kier alpha value is -1.06. The highest BCUT2D eigenvalue weighted by atomic mass is 16.1. The molecular weight excluding hydrogens is 240 g/mol. The molecule has 1 saturated carbocycles. The van der Waals surface area contributed by atoms with Gasteiger partial charge >= 0.3 is 0 Å². The Morgan fingerprint density at radius 2 is 1.21 bits per heavy atom. The van der Waals surface area contributed by atoms with Gasteiger partial charge in [0.1, 0.15) is 0 Å². The van der Waals surface area contributed by atoms with E-state index in [2.05, 4.69) is 0 Å².